The third kappa shape index (κ3) is 5.77. The van der Waals surface area contributed by atoms with E-state index < -0.39 is 11.4 Å². The topological polar surface area (TPSA) is 111 Å². The Morgan fingerprint density at radius 2 is 1.48 bits per heavy atom. The van der Waals surface area contributed by atoms with E-state index in [4.69, 9.17) is 11.5 Å². The lowest BCUT2D eigenvalue weighted by Crippen LogP contribution is -2.50. The fourth-order valence-corrected chi connectivity index (χ4v) is 2.81. The molecule has 0 fully saturated rings. The van der Waals surface area contributed by atoms with Crippen molar-refractivity contribution in [3.8, 4) is 0 Å². The lowest BCUT2D eigenvalue weighted by atomic mass is 9.83. The molecule has 0 spiro atoms. The first-order valence-corrected chi connectivity index (χ1v) is 8.44. The van der Waals surface area contributed by atoms with Crippen LogP contribution in [0.1, 0.15) is 21.5 Å². The van der Waals surface area contributed by atoms with Crippen molar-refractivity contribution in [3.63, 3.8) is 0 Å². The Morgan fingerprint density at radius 1 is 0.897 bits per heavy atom. The third-order valence-electron chi connectivity index (χ3n) is 4.37. The van der Waals surface area contributed by atoms with Crippen LogP contribution in [0.3, 0.4) is 0 Å². The highest BCUT2D eigenvalue weighted by atomic mass is 35.5. The van der Waals surface area contributed by atoms with E-state index in [0.717, 1.165) is 5.56 Å². The van der Waals surface area contributed by atoms with Gasteiger partial charge in [0, 0.05) is 30.1 Å². The highest BCUT2D eigenvalue weighted by Gasteiger charge is 2.34. The minimum atomic E-state index is -1.36. The first kappa shape index (κ1) is 24.1. The summed E-state index contributed by atoms with van der Waals surface area (Å²) in [6.45, 7) is 0. The second kappa shape index (κ2) is 10.6. The lowest BCUT2D eigenvalue weighted by Gasteiger charge is -2.27. The highest BCUT2D eigenvalue weighted by molar-refractivity contribution is 6.04. The van der Waals surface area contributed by atoms with E-state index in [1.54, 1.807) is 48.8 Å². The number of nitrogens with two attached hydrogens (primary N) is 2. The van der Waals surface area contributed by atoms with Crippen molar-refractivity contribution in [1.82, 2.24) is 4.98 Å². The molecular formula is C21H22Cl2N4O2. The van der Waals surface area contributed by atoms with Gasteiger partial charge in [-0.05, 0) is 35.4 Å². The summed E-state index contributed by atoms with van der Waals surface area (Å²) in [5.41, 5.74) is 13.2. The van der Waals surface area contributed by atoms with Gasteiger partial charge in [0.15, 0.2) is 0 Å². The molecule has 0 aliphatic rings. The van der Waals surface area contributed by atoms with Gasteiger partial charge in [0.1, 0.15) is 5.54 Å². The maximum Gasteiger partial charge on any atom is 0.255 e. The van der Waals surface area contributed by atoms with Crippen LogP contribution in [0.2, 0.25) is 0 Å². The number of amides is 2. The molecule has 0 saturated heterocycles. The number of primary amides is 1. The number of hydrogen-bond donors (Lipinski definition) is 3. The Hall–Kier alpha value is -2.93. The first-order chi connectivity index (χ1) is 13.0. The summed E-state index contributed by atoms with van der Waals surface area (Å²) in [6.07, 6.45) is 3.46. The molecular weight excluding hydrogens is 411 g/mol. The number of rotatable bonds is 6. The molecule has 0 bridgehead atoms. The standard InChI is InChI=1S/C21H20N4O2.2ClH/c22-20(27)21(23,14-15-4-2-1-3-5-15)17-8-6-16(7-9-17)19(26)25-18-10-12-24-13-11-18;;/h1-13H,14,23H2,(H2,22,27)(H,24,25,26);2*1H/t21-;;/m0../s1. The number of nitrogens with one attached hydrogen (secondary N) is 1. The van der Waals surface area contributed by atoms with Crippen LogP contribution < -0.4 is 16.8 Å². The molecule has 2 amide bonds. The Bertz CT molecular complexity index is 938. The summed E-state index contributed by atoms with van der Waals surface area (Å²) in [5.74, 6) is -0.891. The van der Waals surface area contributed by atoms with E-state index in [9.17, 15) is 9.59 Å². The Labute approximate surface area is 181 Å². The third-order valence-corrected chi connectivity index (χ3v) is 4.37. The zero-order chi connectivity index (χ0) is 19.3. The van der Waals surface area contributed by atoms with Crippen molar-refractivity contribution >= 4 is 42.3 Å². The van der Waals surface area contributed by atoms with Crippen molar-refractivity contribution in [2.24, 2.45) is 11.5 Å². The van der Waals surface area contributed by atoms with Gasteiger partial charge in [0.2, 0.25) is 5.91 Å². The summed E-state index contributed by atoms with van der Waals surface area (Å²) in [6, 6.07) is 19.4. The summed E-state index contributed by atoms with van der Waals surface area (Å²) in [7, 11) is 0. The average molecular weight is 433 g/mol. The van der Waals surface area contributed by atoms with Crippen LogP contribution in [0.4, 0.5) is 5.69 Å². The van der Waals surface area contributed by atoms with E-state index in [-0.39, 0.29) is 37.1 Å². The maximum atomic E-state index is 12.3. The quantitative estimate of drug-likeness (QED) is 0.555. The molecule has 0 aliphatic heterocycles. The summed E-state index contributed by atoms with van der Waals surface area (Å²) in [5, 5.41) is 2.78. The fourth-order valence-electron chi connectivity index (χ4n) is 2.81. The average Bonchev–Trinajstić information content (AvgIpc) is 2.69. The minimum absolute atomic E-state index is 0. The van der Waals surface area contributed by atoms with E-state index in [2.05, 4.69) is 10.3 Å². The number of nitrogens with zero attached hydrogens (tertiary/aromatic N) is 1. The smallest absolute Gasteiger partial charge is 0.255 e. The van der Waals surface area contributed by atoms with Gasteiger partial charge in [-0.2, -0.15) is 0 Å². The number of anilines is 1. The molecule has 5 N–H and O–H groups in total. The normalized spacial score (nSPS) is 11.9. The van der Waals surface area contributed by atoms with Crippen molar-refractivity contribution in [2.45, 2.75) is 12.0 Å². The van der Waals surface area contributed by atoms with Crippen molar-refractivity contribution in [2.75, 3.05) is 5.32 Å². The number of pyridine rings is 1. The molecule has 8 heteroatoms. The zero-order valence-electron chi connectivity index (χ0n) is 15.4. The SMILES string of the molecule is Cl.Cl.NC(=O)[C@](N)(Cc1ccccc1)c1ccc(C(=O)Nc2ccncc2)cc1. The number of carbonyl (C=O) groups excluding carboxylic acids is 2. The number of aromatic nitrogens is 1. The maximum absolute atomic E-state index is 12.3. The minimum Gasteiger partial charge on any atom is -0.368 e. The predicted octanol–water partition coefficient (Wildman–Crippen LogP) is 3.06. The van der Waals surface area contributed by atoms with Crippen molar-refractivity contribution in [1.29, 1.82) is 0 Å². The molecule has 2 aromatic carbocycles. The summed E-state index contributed by atoms with van der Waals surface area (Å²) < 4.78 is 0. The molecule has 1 atom stereocenters. The monoisotopic (exact) mass is 432 g/mol. The van der Waals surface area contributed by atoms with Crippen molar-refractivity contribution < 1.29 is 9.59 Å². The van der Waals surface area contributed by atoms with Crippen LogP contribution in [0.15, 0.2) is 79.1 Å². The number of carbonyl (C=O) groups is 2. The van der Waals surface area contributed by atoms with E-state index in [1.807, 2.05) is 30.3 Å². The molecule has 6 nitrogen and oxygen atoms in total. The summed E-state index contributed by atoms with van der Waals surface area (Å²) >= 11 is 0. The fraction of sp³-hybridized carbons (Fsp3) is 0.0952. The van der Waals surface area contributed by atoms with Crippen LogP contribution in [0, 0.1) is 0 Å². The second-order valence-electron chi connectivity index (χ2n) is 6.27. The largest absolute Gasteiger partial charge is 0.368 e. The Morgan fingerprint density at radius 3 is 2.03 bits per heavy atom. The van der Waals surface area contributed by atoms with Gasteiger partial charge in [-0.1, -0.05) is 42.5 Å². The lowest BCUT2D eigenvalue weighted by molar-refractivity contribution is -0.123. The molecule has 152 valence electrons. The zero-order valence-corrected chi connectivity index (χ0v) is 17.1. The molecule has 0 unspecified atom stereocenters. The molecule has 1 aromatic heterocycles. The Kier molecular flexibility index (Phi) is 8.79. The van der Waals surface area contributed by atoms with Crippen LogP contribution >= 0.6 is 24.8 Å². The van der Waals surface area contributed by atoms with Crippen LogP contribution in [0.5, 0.6) is 0 Å². The van der Waals surface area contributed by atoms with Gasteiger partial charge in [0.05, 0.1) is 0 Å². The van der Waals surface area contributed by atoms with Gasteiger partial charge >= 0.3 is 0 Å². The molecule has 3 aromatic rings. The molecule has 0 radical (unpaired) electrons. The molecule has 1 heterocycles. The number of hydrogen-bond acceptors (Lipinski definition) is 4. The van der Waals surface area contributed by atoms with Gasteiger partial charge in [-0.3, -0.25) is 14.6 Å². The summed E-state index contributed by atoms with van der Waals surface area (Å²) in [4.78, 5) is 28.3. The van der Waals surface area contributed by atoms with Crippen LogP contribution in [0.25, 0.3) is 0 Å². The molecule has 0 aliphatic carbocycles. The molecule has 0 saturated carbocycles. The van der Waals surface area contributed by atoms with Gasteiger partial charge in [0.25, 0.3) is 5.91 Å². The Balaban J connectivity index is 0.00000210. The van der Waals surface area contributed by atoms with Crippen LogP contribution in [-0.4, -0.2) is 16.8 Å². The second-order valence-corrected chi connectivity index (χ2v) is 6.27. The highest BCUT2D eigenvalue weighted by Crippen LogP contribution is 2.24. The van der Waals surface area contributed by atoms with E-state index >= 15 is 0 Å². The van der Waals surface area contributed by atoms with Crippen LogP contribution in [-0.2, 0) is 16.8 Å². The first-order valence-electron chi connectivity index (χ1n) is 8.44. The molecule has 29 heavy (non-hydrogen) atoms. The van der Waals surface area contributed by atoms with E-state index in [1.165, 1.54) is 0 Å². The number of benzene rings is 2. The number of halogens is 2. The van der Waals surface area contributed by atoms with Gasteiger partial charge in [-0.25, -0.2) is 0 Å². The van der Waals surface area contributed by atoms with E-state index in [0.29, 0.717) is 16.8 Å². The molecule has 3 rings (SSSR count). The van der Waals surface area contributed by atoms with Gasteiger partial charge in [-0.15, -0.1) is 24.8 Å². The van der Waals surface area contributed by atoms with Gasteiger partial charge < -0.3 is 16.8 Å². The van der Waals surface area contributed by atoms with Crippen molar-refractivity contribution in [3.05, 3.63) is 95.8 Å². The predicted molar refractivity (Wildman–Crippen MR) is 118 cm³/mol.